The summed E-state index contributed by atoms with van der Waals surface area (Å²) >= 11 is 3.55. The van der Waals surface area contributed by atoms with Crippen LogP contribution < -0.4 is 4.74 Å². The molecule has 3 heteroatoms. The molecular weight excluding hydrogens is 316 g/mol. The zero-order valence-electron chi connectivity index (χ0n) is 12.0. The number of ether oxygens (including phenoxy) is 1. The van der Waals surface area contributed by atoms with Crippen LogP contribution in [-0.2, 0) is 0 Å². The molecule has 0 saturated carbocycles. The maximum absolute atomic E-state index is 10.6. The minimum atomic E-state index is -0.678. The molecule has 0 saturated heterocycles. The highest BCUT2D eigenvalue weighted by Crippen LogP contribution is 2.33. The molecule has 0 bridgehead atoms. The van der Waals surface area contributed by atoms with E-state index in [9.17, 15) is 5.11 Å². The van der Waals surface area contributed by atoms with E-state index in [-0.39, 0.29) is 0 Å². The van der Waals surface area contributed by atoms with Gasteiger partial charge in [-0.05, 0) is 43.5 Å². The molecule has 20 heavy (non-hydrogen) atoms. The summed E-state index contributed by atoms with van der Waals surface area (Å²) < 4.78 is 6.68. The quantitative estimate of drug-likeness (QED) is 0.888. The Morgan fingerprint density at radius 2 is 1.75 bits per heavy atom. The van der Waals surface area contributed by atoms with Crippen LogP contribution >= 0.6 is 15.9 Å². The first-order valence-electron chi connectivity index (χ1n) is 6.71. The molecule has 0 spiro atoms. The first kappa shape index (κ1) is 15.1. The van der Waals surface area contributed by atoms with E-state index in [1.54, 1.807) is 0 Å². The molecule has 0 aliphatic carbocycles. The molecule has 0 heterocycles. The number of halogens is 1. The summed E-state index contributed by atoms with van der Waals surface area (Å²) in [5, 5.41) is 10.6. The third-order valence-corrected chi connectivity index (χ3v) is 4.54. The van der Waals surface area contributed by atoms with Gasteiger partial charge in [-0.1, -0.05) is 46.3 Å². The summed E-state index contributed by atoms with van der Waals surface area (Å²) in [5.41, 5.74) is 3.92. The molecule has 2 rings (SSSR count). The van der Waals surface area contributed by atoms with Gasteiger partial charge in [0, 0.05) is 10.0 Å². The zero-order chi connectivity index (χ0) is 14.7. The minimum absolute atomic E-state index is 0.585. The summed E-state index contributed by atoms with van der Waals surface area (Å²) in [4.78, 5) is 0. The van der Waals surface area contributed by atoms with Crippen LogP contribution in [-0.4, -0.2) is 11.7 Å². The molecule has 0 radical (unpaired) electrons. The highest BCUT2D eigenvalue weighted by Gasteiger charge is 2.16. The summed E-state index contributed by atoms with van der Waals surface area (Å²) in [6.07, 6.45) is -0.678. The van der Waals surface area contributed by atoms with Gasteiger partial charge in [-0.15, -0.1) is 0 Å². The SMILES string of the molecule is CCOc1ccccc1C(O)c1cc(C)c(Br)c(C)c1. The molecule has 1 unspecified atom stereocenters. The predicted molar refractivity (Wildman–Crippen MR) is 85.3 cm³/mol. The lowest BCUT2D eigenvalue weighted by molar-refractivity contribution is 0.212. The molecule has 2 nitrogen and oxygen atoms in total. The van der Waals surface area contributed by atoms with Crippen LogP contribution in [0.15, 0.2) is 40.9 Å². The van der Waals surface area contributed by atoms with Crippen molar-refractivity contribution in [3.05, 3.63) is 63.1 Å². The Hall–Kier alpha value is -1.32. The summed E-state index contributed by atoms with van der Waals surface area (Å²) in [6.45, 7) is 6.59. The minimum Gasteiger partial charge on any atom is -0.493 e. The fourth-order valence-electron chi connectivity index (χ4n) is 2.31. The molecule has 0 aliphatic heterocycles. The topological polar surface area (TPSA) is 29.5 Å². The van der Waals surface area contributed by atoms with Crippen molar-refractivity contribution in [1.29, 1.82) is 0 Å². The Kier molecular flexibility index (Phi) is 4.84. The number of rotatable bonds is 4. The van der Waals surface area contributed by atoms with E-state index in [1.165, 1.54) is 0 Å². The number of hydrogen-bond donors (Lipinski definition) is 1. The molecule has 0 aromatic heterocycles. The van der Waals surface area contributed by atoms with E-state index in [0.29, 0.717) is 6.61 Å². The molecule has 1 N–H and O–H groups in total. The van der Waals surface area contributed by atoms with Gasteiger partial charge in [0.25, 0.3) is 0 Å². The van der Waals surface area contributed by atoms with Gasteiger partial charge in [-0.2, -0.15) is 0 Å². The number of aliphatic hydroxyl groups is 1. The van der Waals surface area contributed by atoms with Crippen molar-refractivity contribution in [2.45, 2.75) is 26.9 Å². The Morgan fingerprint density at radius 1 is 1.15 bits per heavy atom. The molecule has 0 aliphatic rings. The van der Waals surface area contributed by atoms with E-state index in [0.717, 1.165) is 32.5 Å². The van der Waals surface area contributed by atoms with Crippen molar-refractivity contribution >= 4 is 15.9 Å². The maximum Gasteiger partial charge on any atom is 0.125 e. The highest BCUT2D eigenvalue weighted by atomic mass is 79.9. The molecule has 1 atom stereocenters. The lowest BCUT2D eigenvalue weighted by Crippen LogP contribution is -2.05. The fraction of sp³-hybridized carbons (Fsp3) is 0.294. The first-order chi connectivity index (χ1) is 9.54. The number of hydrogen-bond acceptors (Lipinski definition) is 2. The van der Waals surface area contributed by atoms with Gasteiger partial charge in [-0.25, -0.2) is 0 Å². The second kappa shape index (κ2) is 6.42. The van der Waals surface area contributed by atoms with Crippen LogP contribution in [0.5, 0.6) is 5.75 Å². The van der Waals surface area contributed by atoms with Crippen molar-refractivity contribution in [2.75, 3.05) is 6.61 Å². The normalized spacial score (nSPS) is 12.2. The number of aliphatic hydroxyl groups excluding tert-OH is 1. The van der Waals surface area contributed by atoms with Crippen LogP contribution in [0, 0.1) is 13.8 Å². The first-order valence-corrected chi connectivity index (χ1v) is 7.50. The van der Waals surface area contributed by atoms with Crippen LogP contribution in [0.4, 0.5) is 0 Å². The van der Waals surface area contributed by atoms with Gasteiger partial charge in [-0.3, -0.25) is 0 Å². The van der Waals surface area contributed by atoms with E-state index in [1.807, 2.05) is 57.2 Å². The van der Waals surface area contributed by atoms with Crippen molar-refractivity contribution in [3.63, 3.8) is 0 Å². The molecular formula is C17H19BrO2. The Balaban J connectivity index is 2.43. The van der Waals surface area contributed by atoms with Crippen LogP contribution in [0.25, 0.3) is 0 Å². The predicted octanol–water partition coefficient (Wildman–Crippen LogP) is 4.55. The third-order valence-electron chi connectivity index (χ3n) is 3.29. The molecule has 0 fully saturated rings. The van der Waals surface area contributed by atoms with E-state index in [4.69, 9.17) is 4.74 Å². The van der Waals surface area contributed by atoms with E-state index < -0.39 is 6.10 Å². The second-order valence-electron chi connectivity index (χ2n) is 4.84. The van der Waals surface area contributed by atoms with Crippen molar-refractivity contribution in [1.82, 2.24) is 0 Å². The lowest BCUT2D eigenvalue weighted by Gasteiger charge is -2.17. The Labute approximate surface area is 128 Å². The molecule has 106 valence electrons. The number of para-hydroxylation sites is 1. The molecule has 2 aromatic carbocycles. The zero-order valence-corrected chi connectivity index (χ0v) is 13.6. The highest BCUT2D eigenvalue weighted by molar-refractivity contribution is 9.10. The average Bonchev–Trinajstić information content (AvgIpc) is 2.44. The summed E-state index contributed by atoms with van der Waals surface area (Å²) in [6, 6.07) is 11.6. The Morgan fingerprint density at radius 3 is 2.35 bits per heavy atom. The average molecular weight is 335 g/mol. The summed E-state index contributed by atoms with van der Waals surface area (Å²) in [5.74, 6) is 0.737. The summed E-state index contributed by atoms with van der Waals surface area (Å²) in [7, 11) is 0. The van der Waals surface area contributed by atoms with Gasteiger partial charge in [0.05, 0.1) is 6.61 Å². The van der Waals surface area contributed by atoms with Gasteiger partial charge >= 0.3 is 0 Å². The van der Waals surface area contributed by atoms with Crippen LogP contribution in [0.1, 0.15) is 35.3 Å². The standard InChI is InChI=1S/C17H19BrO2/c1-4-20-15-8-6-5-7-14(15)17(19)13-9-11(2)16(18)12(3)10-13/h5-10,17,19H,4H2,1-3H3. The van der Waals surface area contributed by atoms with Gasteiger partial charge < -0.3 is 9.84 Å². The van der Waals surface area contributed by atoms with Gasteiger partial charge in [0.2, 0.25) is 0 Å². The van der Waals surface area contributed by atoms with E-state index >= 15 is 0 Å². The number of aryl methyl sites for hydroxylation is 2. The molecule has 2 aromatic rings. The Bertz CT molecular complexity index is 585. The largest absolute Gasteiger partial charge is 0.493 e. The van der Waals surface area contributed by atoms with Crippen molar-refractivity contribution in [2.24, 2.45) is 0 Å². The maximum atomic E-state index is 10.6. The lowest BCUT2D eigenvalue weighted by atomic mass is 9.97. The van der Waals surface area contributed by atoms with Gasteiger partial charge in [0.1, 0.15) is 11.9 Å². The molecule has 0 amide bonds. The second-order valence-corrected chi connectivity index (χ2v) is 5.64. The van der Waals surface area contributed by atoms with Gasteiger partial charge in [0.15, 0.2) is 0 Å². The number of benzene rings is 2. The van der Waals surface area contributed by atoms with Crippen LogP contribution in [0.2, 0.25) is 0 Å². The smallest absolute Gasteiger partial charge is 0.125 e. The van der Waals surface area contributed by atoms with Crippen molar-refractivity contribution in [3.8, 4) is 5.75 Å². The monoisotopic (exact) mass is 334 g/mol. The third kappa shape index (κ3) is 3.05. The van der Waals surface area contributed by atoms with Crippen LogP contribution in [0.3, 0.4) is 0 Å². The van der Waals surface area contributed by atoms with Crippen molar-refractivity contribution < 1.29 is 9.84 Å². The fourth-order valence-corrected chi connectivity index (χ4v) is 2.54. The van der Waals surface area contributed by atoms with E-state index in [2.05, 4.69) is 15.9 Å².